The number of nitriles is 1. The number of fused-ring (bicyclic) bond motifs is 1. The normalized spacial score (nSPS) is 14.0. The number of nitrogens with one attached hydrogen (secondary N) is 1. The molecule has 0 radical (unpaired) electrons. The molecule has 2 aromatic heterocycles. The Balaban J connectivity index is 1.48. The fourth-order valence-electron chi connectivity index (χ4n) is 3.48. The maximum Gasteiger partial charge on any atom is 0.238 e. The van der Waals surface area contributed by atoms with Gasteiger partial charge >= 0.3 is 0 Å². The number of benzene rings is 1. The SMILES string of the molecule is CCc1ccc(-n2nnnc2SC(C)C(=O)Nc2sc3c(c2C#N)CCCC3)cc1. The molecular formula is C21H22N6OS2. The van der Waals surface area contributed by atoms with Crippen LogP contribution in [0.4, 0.5) is 5.00 Å². The van der Waals surface area contributed by atoms with Crippen molar-refractivity contribution in [2.24, 2.45) is 0 Å². The summed E-state index contributed by atoms with van der Waals surface area (Å²) >= 11 is 2.83. The van der Waals surface area contributed by atoms with Gasteiger partial charge in [-0.1, -0.05) is 30.8 Å². The van der Waals surface area contributed by atoms with E-state index in [4.69, 9.17) is 0 Å². The Morgan fingerprint density at radius 2 is 2.10 bits per heavy atom. The first kappa shape index (κ1) is 20.6. The Bertz CT molecular complexity index is 1100. The molecule has 9 heteroatoms. The van der Waals surface area contributed by atoms with Crippen LogP contribution in [0.2, 0.25) is 0 Å². The molecule has 1 amide bonds. The molecular weight excluding hydrogens is 416 g/mol. The van der Waals surface area contributed by atoms with Gasteiger partial charge in [-0.15, -0.1) is 16.4 Å². The first-order valence-electron chi connectivity index (χ1n) is 10.0. The number of hydrogen-bond acceptors (Lipinski definition) is 7. The molecule has 3 aromatic rings. The number of nitrogens with zero attached hydrogens (tertiary/aromatic N) is 5. The minimum absolute atomic E-state index is 0.161. The minimum Gasteiger partial charge on any atom is -0.316 e. The summed E-state index contributed by atoms with van der Waals surface area (Å²) in [5.41, 5.74) is 3.83. The largest absolute Gasteiger partial charge is 0.316 e. The fourth-order valence-corrected chi connectivity index (χ4v) is 5.53. The quantitative estimate of drug-likeness (QED) is 0.581. The van der Waals surface area contributed by atoms with Crippen LogP contribution >= 0.6 is 23.1 Å². The standard InChI is InChI=1S/C21H22N6OS2/c1-3-14-8-10-15(11-9-14)27-21(24-25-26-27)29-13(2)19(28)23-20-17(12-22)16-6-4-5-7-18(16)30-20/h8-11,13H,3-7H2,1-2H3,(H,23,28). The number of anilines is 1. The van der Waals surface area contributed by atoms with Crippen LogP contribution in [0.5, 0.6) is 0 Å². The first-order chi connectivity index (χ1) is 14.6. The highest BCUT2D eigenvalue weighted by Gasteiger charge is 2.25. The summed E-state index contributed by atoms with van der Waals surface area (Å²) < 4.78 is 1.64. The van der Waals surface area contributed by atoms with Crippen molar-refractivity contribution in [1.29, 1.82) is 5.26 Å². The zero-order chi connectivity index (χ0) is 21.1. The third kappa shape index (κ3) is 4.11. The van der Waals surface area contributed by atoms with Gasteiger partial charge in [0, 0.05) is 4.88 Å². The molecule has 2 heterocycles. The van der Waals surface area contributed by atoms with Gasteiger partial charge in [0.25, 0.3) is 0 Å². The topological polar surface area (TPSA) is 96.5 Å². The van der Waals surface area contributed by atoms with Crippen molar-refractivity contribution < 1.29 is 4.79 Å². The maximum atomic E-state index is 12.8. The van der Waals surface area contributed by atoms with Gasteiger partial charge in [0.2, 0.25) is 11.1 Å². The van der Waals surface area contributed by atoms with Crippen LogP contribution < -0.4 is 5.32 Å². The molecule has 30 heavy (non-hydrogen) atoms. The number of thioether (sulfide) groups is 1. The third-order valence-corrected chi connectivity index (χ3v) is 7.44. The van der Waals surface area contributed by atoms with E-state index in [0.29, 0.717) is 15.7 Å². The Morgan fingerprint density at radius 3 is 2.83 bits per heavy atom. The van der Waals surface area contributed by atoms with Gasteiger partial charge in [-0.2, -0.15) is 9.94 Å². The van der Waals surface area contributed by atoms with E-state index in [2.05, 4.69) is 33.8 Å². The highest BCUT2D eigenvalue weighted by atomic mass is 32.2. The maximum absolute atomic E-state index is 12.8. The van der Waals surface area contributed by atoms with E-state index in [1.54, 1.807) is 4.68 Å². The van der Waals surface area contributed by atoms with Crippen molar-refractivity contribution in [3.63, 3.8) is 0 Å². The van der Waals surface area contributed by atoms with E-state index in [0.717, 1.165) is 43.4 Å². The second-order valence-corrected chi connectivity index (χ2v) is 9.58. The zero-order valence-corrected chi connectivity index (χ0v) is 18.5. The summed E-state index contributed by atoms with van der Waals surface area (Å²) in [6, 6.07) is 10.3. The molecule has 7 nitrogen and oxygen atoms in total. The minimum atomic E-state index is -0.421. The van der Waals surface area contributed by atoms with Crippen molar-refractivity contribution in [2.75, 3.05) is 5.32 Å². The second kappa shape index (κ2) is 8.98. The van der Waals surface area contributed by atoms with E-state index in [1.165, 1.54) is 33.5 Å². The van der Waals surface area contributed by atoms with Crippen LogP contribution in [0.3, 0.4) is 0 Å². The average molecular weight is 439 g/mol. The zero-order valence-electron chi connectivity index (χ0n) is 16.9. The number of hydrogen-bond donors (Lipinski definition) is 1. The third-order valence-electron chi connectivity index (χ3n) is 5.20. The summed E-state index contributed by atoms with van der Waals surface area (Å²) in [4.78, 5) is 14.1. The molecule has 1 aromatic carbocycles. The number of rotatable bonds is 6. The monoisotopic (exact) mass is 438 g/mol. The number of amides is 1. The van der Waals surface area contributed by atoms with E-state index in [9.17, 15) is 10.1 Å². The molecule has 0 saturated carbocycles. The molecule has 0 spiro atoms. The van der Waals surface area contributed by atoms with Crippen LogP contribution in [-0.4, -0.2) is 31.4 Å². The van der Waals surface area contributed by atoms with Crippen LogP contribution in [0, 0.1) is 11.3 Å². The smallest absolute Gasteiger partial charge is 0.238 e. The van der Waals surface area contributed by atoms with Crippen LogP contribution in [0.1, 0.15) is 48.3 Å². The van der Waals surface area contributed by atoms with E-state index >= 15 is 0 Å². The molecule has 1 N–H and O–H groups in total. The predicted octanol–water partition coefficient (Wildman–Crippen LogP) is 4.16. The molecule has 0 saturated heterocycles. The molecule has 1 aliphatic carbocycles. The van der Waals surface area contributed by atoms with Crippen molar-refractivity contribution in [2.45, 2.75) is 56.4 Å². The fraction of sp³-hybridized carbons (Fsp3) is 0.381. The number of tetrazole rings is 1. The van der Waals surface area contributed by atoms with E-state index < -0.39 is 5.25 Å². The van der Waals surface area contributed by atoms with Crippen molar-refractivity contribution in [3.8, 4) is 11.8 Å². The van der Waals surface area contributed by atoms with Gasteiger partial charge in [0.1, 0.15) is 11.1 Å². The van der Waals surface area contributed by atoms with Crippen LogP contribution in [0.15, 0.2) is 29.4 Å². The van der Waals surface area contributed by atoms with Gasteiger partial charge in [-0.05, 0) is 72.7 Å². The van der Waals surface area contributed by atoms with Crippen LogP contribution in [-0.2, 0) is 24.1 Å². The lowest BCUT2D eigenvalue weighted by Gasteiger charge is -2.11. The molecule has 0 aliphatic heterocycles. The van der Waals surface area contributed by atoms with E-state index in [1.807, 2.05) is 31.2 Å². The van der Waals surface area contributed by atoms with Gasteiger partial charge in [0.15, 0.2) is 0 Å². The number of carbonyl (C=O) groups excluding carboxylic acids is 1. The highest BCUT2D eigenvalue weighted by Crippen LogP contribution is 2.38. The Labute approximate surface area is 183 Å². The first-order valence-corrected chi connectivity index (χ1v) is 11.7. The van der Waals surface area contributed by atoms with Gasteiger partial charge in [0.05, 0.1) is 16.5 Å². The summed E-state index contributed by atoms with van der Waals surface area (Å²) in [6.45, 7) is 3.92. The molecule has 0 fully saturated rings. The van der Waals surface area contributed by atoms with Gasteiger partial charge < -0.3 is 5.32 Å². The van der Waals surface area contributed by atoms with Gasteiger partial charge in [-0.25, -0.2) is 0 Å². The number of aromatic nitrogens is 4. The molecule has 1 unspecified atom stereocenters. The number of aryl methyl sites for hydroxylation is 2. The van der Waals surface area contributed by atoms with Crippen molar-refractivity contribution >= 4 is 34.0 Å². The van der Waals surface area contributed by atoms with Crippen molar-refractivity contribution in [1.82, 2.24) is 20.2 Å². The van der Waals surface area contributed by atoms with Gasteiger partial charge in [-0.3, -0.25) is 4.79 Å². The lowest BCUT2D eigenvalue weighted by molar-refractivity contribution is -0.115. The molecule has 1 atom stereocenters. The van der Waals surface area contributed by atoms with E-state index in [-0.39, 0.29) is 5.91 Å². The Kier molecular flexibility index (Phi) is 6.16. The molecule has 0 bridgehead atoms. The lowest BCUT2D eigenvalue weighted by atomic mass is 9.96. The predicted molar refractivity (Wildman–Crippen MR) is 118 cm³/mol. The summed E-state index contributed by atoms with van der Waals surface area (Å²) in [5, 5.41) is 25.3. The van der Waals surface area contributed by atoms with Crippen molar-refractivity contribution in [3.05, 3.63) is 45.8 Å². The Hall–Kier alpha value is -2.70. The highest BCUT2D eigenvalue weighted by molar-refractivity contribution is 8.00. The number of carbonyl (C=O) groups is 1. The summed E-state index contributed by atoms with van der Waals surface area (Å²) in [5.74, 6) is -0.161. The summed E-state index contributed by atoms with van der Waals surface area (Å²) in [6.07, 6.45) is 5.10. The second-order valence-electron chi connectivity index (χ2n) is 7.17. The van der Waals surface area contributed by atoms with Crippen LogP contribution in [0.25, 0.3) is 5.69 Å². The average Bonchev–Trinajstić information content (AvgIpc) is 3.37. The molecule has 1 aliphatic rings. The molecule has 154 valence electrons. The Morgan fingerprint density at radius 1 is 1.33 bits per heavy atom. The number of thiophene rings is 1. The lowest BCUT2D eigenvalue weighted by Crippen LogP contribution is -2.23. The summed E-state index contributed by atoms with van der Waals surface area (Å²) in [7, 11) is 0. The molecule has 4 rings (SSSR count).